The third kappa shape index (κ3) is 1.33. The first-order valence-electron chi connectivity index (χ1n) is 3.70. The molecule has 0 radical (unpaired) electrons. The van der Waals surface area contributed by atoms with E-state index in [0.717, 1.165) is 0 Å². The first-order chi connectivity index (χ1) is 3.70. The zero-order chi connectivity index (χ0) is 6.15. The van der Waals surface area contributed by atoms with Crippen molar-refractivity contribution in [1.29, 1.82) is 0 Å². The maximum absolute atomic E-state index is 2.59. The van der Waals surface area contributed by atoms with E-state index in [4.69, 9.17) is 0 Å². The fraction of sp³-hybridized carbons (Fsp3) is 1.00. The Kier molecular flexibility index (Phi) is 2.11. The Labute approximate surface area is 58.1 Å². The van der Waals surface area contributed by atoms with Gasteiger partial charge in [0.25, 0.3) is 0 Å². The van der Waals surface area contributed by atoms with E-state index in [1.54, 1.807) is 12.1 Å². The van der Waals surface area contributed by atoms with Crippen LogP contribution in [0.1, 0.15) is 0 Å². The van der Waals surface area contributed by atoms with Crippen LogP contribution < -0.4 is 0 Å². The van der Waals surface area contributed by atoms with Crippen molar-refractivity contribution in [3.8, 4) is 0 Å². The van der Waals surface area contributed by atoms with E-state index >= 15 is 0 Å². The van der Waals surface area contributed by atoms with E-state index < -0.39 is 0 Å². The summed E-state index contributed by atoms with van der Waals surface area (Å²) < 4.78 is 0. The van der Waals surface area contributed by atoms with Gasteiger partial charge in [-0.1, -0.05) is 30.7 Å². The number of hydrogen-bond donors (Lipinski definition) is 0. The van der Waals surface area contributed by atoms with Crippen molar-refractivity contribution < 1.29 is 0 Å². The average molecular weight is 160 g/mol. The monoisotopic (exact) mass is 160 g/mol. The van der Waals surface area contributed by atoms with Crippen LogP contribution in [-0.4, -0.2) is 26.9 Å². The molecule has 0 aromatic carbocycles. The summed E-state index contributed by atoms with van der Waals surface area (Å²) >= 11 is 0. The van der Waals surface area contributed by atoms with Crippen LogP contribution in [0.15, 0.2) is 0 Å². The molecular formula is C5H16Si3. The lowest BCUT2D eigenvalue weighted by Crippen LogP contribution is -2.21. The standard InChI is InChI=1S/C5H16Si3/c1-7-3-5(6)4-8(7)2/h5,7-8H,3-4H2,1-2,6H3. The van der Waals surface area contributed by atoms with E-state index in [9.17, 15) is 0 Å². The largest absolute Gasteiger partial charge is 0.0741 e. The molecule has 0 bridgehead atoms. The first kappa shape index (κ1) is 6.77. The molecule has 8 heavy (non-hydrogen) atoms. The van der Waals surface area contributed by atoms with Crippen LogP contribution in [0.4, 0.5) is 0 Å². The molecule has 0 aromatic rings. The SMILES string of the molecule is C[SiH]1CC([SiH3])C[SiH]1C. The van der Waals surface area contributed by atoms with Crippen molar-refractivity contribution in [2.24, 2.45) is 0 Å². The molecule has 1 fully saturated rings. The van der Waals surface area contributed by atoms with Crippen LogP contribution in [0.3, 0.4) is 0 Å². The van der Waals surface area contributed by atoms with Crippen molar-refractivity contribution in [2.75, 3.05) is 0 Å². The van der Waals surface area contributed by atoms with Gasteiger partial charge in [-0.05, 0) is 0 Å². The lowest BCUT2D eigenvalue weighted by molar-refractivity contribution is 1.07. The van der Waals surface area contributed by atoms with Crippen LogP contribution in [-0.2, 0) is 0 Å². The Hall–Kier alpha value is 0.651. The Morgan fingerprint density at radius 2 is 1.62 bits per heavy atom. The summed E-state index contributed by atoms with van der Waals surface area (Å²) in [4.78, 5) is 0. The zero-order valence-corrected chi connectivity index (χ0v) is 10.5. The lowest BCUT2D eigenvalue weighted by atomic mass is 10.5. The van der Waals surface area contributed by atoms with Gasteiger partial charge >= 0.3 is 0 Å². The van der Waals surface area contributed by atoms with E-state index in [1.165, 1.54) is 15.8 Å². The fourth-order valence-corrected chi connectivity index (χ4v) is 19.4. The summed E-state index contributed by atoms with van der Waals surface area (Å²) in [6.45, 7) is 5.18. The molecule has 2 atom stereocenters. The minimum absolute atomic E-state index is 0.0278. The van der Waals surface area contributed by atoms with Crippen LogP contribution in [0.2, 0.25) is 30.7 Å². The van der Waals surface area contributed by atoms with E-state index in [2.05, 4.69) is 13.1 Å². The molecule has 0 aromatic heterocycles. The molecule has 0 N–H and O–H groups in total. The maximum atomic E-state index is 2.59. The molecule has 3 heteroatoms. The van der Waals surface area contributed by atoms with Gasteiger partial charge < -0.3 is 0 Å². The summed E-state index contributed by atoms with van der Waals surface area (Å²) in [5.41, 5.74) is 1.26. The van der Waals surface area contributed by atoms with Crippen LogP contribution in [0.5, 0.6) is 0 Å². The van der Waals surface area contributed by atoms with Gasteiger partial charge in [0.15, 0.2) is 0 Å². The molecule has 0 amide bonds. The highest BCUT2D eigenvalue weighted by Crippen LogP contribution is 2.27. The fourth-order valence-electron chi connectivity index (χ4n) is 1.83. The first-order valence-corrected chi connectivity index (χ1v) is 11.5. The van der Waals surface area contributed by atoms with Gasteiger partial charge in [-0.2, -0.15) is 0 Å². The third-order valence-electron chi connectivity index (χ3n) is 2.52. The molecule has 0 nitrogen and oxygen atoms in total. The highest BCUT2D eigenvalue weighted by molar-refractivity contribution is 7.23. The molecule has 1 saturated heterocycles. The summed E-state index contributed by atoms with van der Waals surface area (Å²) in [5.74, 6) is 0. The van der Waals surface area contributed by atoms with Crippen LogP contribution in [0.25, 0.3) is 0 Å². The zero-order valence-electron chi connectivity index (χ0n) is 6.15. The molecule has 1 aliphatic rings. The molecule has 1 rings (SSSR count). The average Bonchev–Trinajstić information content (AvgIpc) is 1.85. The topological polar surface area (TPSA) is 0 Å². The molecule has 48 valence electrons. The molecule has 2 unspecified atom stereocenters. The summed E-state index contributed by atoms with van der Waals surface area (Å²) in [5, 5.41) is 0. The quantitative estimate of drug-likeness (QED) is 0.436. The minimum atomic E-state index is -0.0278. The predicted octanol–water partition coefficient (Wildman–Crippen LogP) is -0.0539. The number of rotatable bonds is 0. The van der Waals surface area contributed by atoms with Gasteiger partial charge in [-0.15, -0.1) is 0 Å². The molecule has 0 aliphatic carbocycles. The Bertz CT molecular complexity index is 73.7. The van der Waals surface area contributed by atoms with Crippen LogP contribution >= 0.6 is 0 Å². The van der Waals surface area contributed by atoms with E-state index in [0.29, 0.717) is 0 Å². The van der Waals surface area contributed by atoms with Crippen LogP contribution in [0, 0.1) is 0 Å². The highest BCUT2D eigenvalue weighted by Gasteiger charge is 2.26. The normalized spacial score (nSPS) is 48.0. The second kappa shape index (κ2) is 2.49. The second-order valence-corrected chi connectivity index (χ2v) is 16.8. The maximum Gasteiger partial charge on any atom is 0.0246 e. The van der Waals surface area contributed by atoms with Crippen molar-refractivity contribution in [3.05, 3.63) is 0 Å². The smallest absolute Gasteiger partial charge is 0.0246 e. The molecule has 1 heterocycles. The number of hydrogen-bond acceptors (Lipinski definition) is 0. The molecular weight excluding hydrogens is 144 g/mol. The van der Waals surface area contributed by atoms with Crippen molar-refractivity contribution in [3.63, 3.8) is 0 Å². The van der Waals surface area contributed by atoms with E-state index in [-0.39, 0.29) is 16.6 Å². The van der Waals surface area contributed by atoms with Crippen molar-refractivity contribution >= 4 is 26.9 Å². The van der Waals surface area contributed by atoms with Gasteiger partial charge in [0.05, 0.1) is 0 Å². The molecule has 1 aliphatic heterocycles. The van der Waals surface area contributed by atoms with Gasteiger partial charge in [-0.25, -0.2) is 0 Å². The van der Waals surface area contributed by atoms with Gasteiger partial charge in [0.1, 0.15) is 0 Å². The Morgan fingerprint density at radius 1 is 1.25 bits per heavy atom. The van der Waals surface area contributed by atoms with Gasteiger partial charge in [0, 0.05) is 26.9 Å². The van der Waals surface area contributed by atoms with Crippen molar-refractivity contribution in [2.45, 2.75) is 30.7 Å². The van der Waals surface area contributed by atoms with Gasteiger partial charge in [0.2, 0.25) is 0 Å². The minimum Gasteiger partial charge on any atom is -0.0741 e. The summed E-state index contributed by atoms with van der Waals surface area (Å²) in [6.07, 6.45) is 0. The summed E-state index contributed by atoms with van der Waals surface area (Å²) in [7, 11) is 1.44. The lowest BCUT2D eigenvalue weighted by Gasteiger charge is -2.01. The Balaban J connectivity index is 2.39. The van der Waals surface area contributed by atoms with Crippen molar-refractivity contribution in [1.82, 2.24) is 0 Å². The molecule has 0 saturated carbocycles. The summed E-state index contributed by atoms with van der Waals surface area (Å²) in [6, 6.07) is 3.44. The Morgan fingerprint density at radius 3 is 1.75 bits per heavy atom. The second-order valence-electron chi connectivity index (χ2n) is 3.53. The highest BCUT2D eigenvalue weighted by atomic mass is 29.2. The predicted molar refractivity (Wildman–Crippen MR) is 49.3 cm³/mol. The van der Waals surface area contributed by atoms with E-state index in [1.807, 2.05) is 0 Å². The third-order valence-corrected chi connectivity index (χ3v) is 17.8. The molecule has 0 spiro atoms. The van der Waals surface area contributed by atoms with Gasteiger partial charge in [-0.3, -0.25) is 0 Å².